The standard InChI is InChI=1S/C11H13N3O2/c1-6-12-7-4-3-5-16-11(2)8(7)9(13-6)14-10(11)15/h3-5H2,1-2H3,(H,12,13,14,15). The van der Waals surface area contributed by atoms with Crippen molar-refractivity contribution in [3.63, 3.8) is 0 Å². The molecule has 3 rings (SSSR count). The van der Waals surface area contributed by atoms with Gasteiger partial charge in [0.2, 0.25) is 0 Å². The number of anilines is 1. The summed E-state index contributed by atoms with van der Waals surface area (Å²) in [7, 11) is 0. The van der Waals surface area contributed by atoms with Crippen molar-refractivity contribution in [2.75, 3.05) is 11.9 Å². The third-order valence-electron chi connectivity index (χ3n) is 3.19. The molecule has 84 valence electrons. The van der Waals surface area contributed by atoms with Crippen LogP contribution < -0.4 is 5.32 Å². The molecule has 0 radical (unpaired) electrons. The summed E-state index contributed by atoms with van der Waals surface area (Å²) in [5, 5.41) is 2.77. The van der Waals surface area contributed by atoms with E-state index in [1.54, 1.807) is 6.92 Å². The molecule has 1 aromatic rings. The number of carbonyl (C=O) groups is 1. The van der Waals surface area contributed by atoms with Crippen molar-refractivity contribution in [3.05, 3.63) is 17.1 Å². The Balaban J connectivity index is 2.29. The molecule has 5 nitrogen and oxygen atoms in total. The Morgan fingerprint density at radius 2 is 2.25 bits per heavy atom. The quantitative estimate of drug-likeness (QED) is 0.704. The lowest BCUT2D eigenvalue weighted by atomic mass is 9.96. The van der Waals surface area contributed by atoms with Crippen LogP contribution in [-0.2, 0) is 21.6 Å². The maximum Gasteiger partial charge on any atom is 0.262 e. The second kappa shape index (κ2) is 3.01. The molecule has 2 aliphatic heterocycles. The molecule has 0 fully saturated rings. The topological polar surface area (TPSA) is 64.1 Å². The van der Waals surface area contributed by atoms with Gasteiger partial charge in [0.05, 0.1) is 11.3 Å². The fraction of sp³-hybridized carbons (Fsp3) is 0.545. The average molecular weight is 219 g/mol. The van der Waals surface area contributed by atoms with E-state index in [-0.39, 0.29) is 5.91 Å². The van der Waals surface area contributed by atoms with Crippen LogP contribution in [0, 0.1) is 6.92 Å². The van der Waals surface area contributed by atoms with Crippen LogP contribution in [-0.4, -0.2) is 22.5 Å². The maximum atomic E-state index is 11.9. The molecule has 0 spiro atoms. The van der Waals surface area contributed by atoms with E-state index >= 15 is 0 Å². The molecule has 1 aromatic heterocycles. The molecule has 5 heteroatoms. The van der Waals surface area contributed by atoms with Gasteiger partial charge >= 0.3 is 0 Å². The Morgan fingerprint density at radius 3 is 3.06 bits per heavy atom. The molecule has 0 aliphatic carbocycles. The first-order valence-corrected chi connectivity index (χ1v) is 5.44. The Labute approximate surface area is 93.2 Å². The van der Waals surface area contributed by atoms with Crippen LogP contribution in [0.1, 0.15) is 30.4 Å². The fourth-order valence-electron chi connectivity index (χ4n) is 2.40. The molecule has 0 bridgehead atoms. The lowest BCUT2D eigenvalue weighted by molar-refractivity contribution is -0.138. The molecule has 2 aliphatic rings. The highest BCUT2D eigenvalue weighted by Crippen LogP contribution is 2.41. The molecule has 0 saturated heterocycles. The van der Waals surface area contributed by atoms with Crippen LogP contribution in [0.15, 0.2) is 0 Å². The summed E-state index contributed by atoms with van der Waals surface area (Å²) in [5.74, 6) is 1.18. The minimum absolute atomic E-state index is 0.134. The summed E-state index contributed by atoms with van der Waals surface area (Å²) in [6.07, 6.45) is 1.74. The summed E-state index contributed by atoms with van der Waals surface area (Å²) < 4.78 is 5.68. The Kier molecular flexibility index (Phi) is 1.83. The van der Waals surface area contributed by atoms with Crippen molar-refractivity contribution in [1.82, 2.24) is 9.97 Å². The summed E-state index contributed by atoms with van der Waals surface area (Å²) in [6, 6.07) is 0. The number of nitrogens with one attached hydrogen (secondary N) is 1. The number of hydrogen-bond donors (Lipinski definition) is 1. The number of aryl methyl sites for hydroxylation is 2. The number of carbonyl (C=O) groups excluding carboxylic acids is 1. The molecule has 16 heavy (non-hydrogen) atoms. The highest BCUT2D eigenvalue weighted by molar-refractivity contribution is 6.04. The van der Waals surface area contributed by atoms with E-state index in [4.69, 9.17) is 4.74 Å². The molecule has 1 N–H and O–H groups in total. The van der Waals surface area contributed by atoms with E-state index in [2.05, 4.69) is 15.3 Å². The van der Waals surface area contributed by atoms with Gasteiger partial charge in [0, 0.05) is 6.61 Å². The second-order valence-corrected chi connectivity index (χ2v) is 4.38. The highest BCUT2D eigenvalue weighted by atomic mass is 16.5. The van der Waals surface area contributed by atoms with Gasteiger partial charge in [-0.2, -0.15) is 0 Å². The maximum absolute atomic E-state index is 11.9. The van der Waals surface area contributed by atoms with Crippen LogP contribution in [0.5, 0.6) is 0 Å². The smallest absolute Gasteiger partial charge is 0.262 e. The number of amides is 1. The lowest BCUT2D eigenvalue weighted by Crippen LogP contribution is -2.34. The van der Waals surface area contributed by atoms with Crippen LogP contribution in [0.2, 0.25) is 0 Å². The van der Waals surface area contributed by atoms with Gasteiger partial charge in [-0.3, -0.25) is 4.79 Å². The largest absolute Gasteiger partial charge is 0.360 e. The third kappa shape index (κ3) is 1.12. The van der Waals surface area contributed by atoms with Crippen molar-refractivity contribution in [2.24, 2.45) is 0 Å². The second-order valence-electron chi connectivity index (χ2n) is 4.38. The minimum atomic E-state index is -0.894. The first-order valence-electron chi connectivity index (χ1n) is 5.44. The van der Waals surface area contributed by atoms with Crippen LogP contribution in [0.4, 0.5) is 5.82 Å². The van der Waals surface area contributed by atoms with Gasteiger partial charge in [-0.25, -0.2) is 9.97 Å². The van der Waals surface area contributed by atoms with Crippen molar-refractivity contribution in [1.29, 1.82) is 0 Å². The van der Waals surface area contributed by atoms with Gasteiger partial charge in [0.25, 0.3) is 5.91 Å². The van der Waals surface area contributed by atoms with Crippen molar-refractivity contribution in [3.8, 4) is 0 Å². The predicted molar refractivity (Wildman–Crippen MR) is 57.0 cm³/mol. The zero-order valence-electron chi connectivity index (χ0n) is 9.33. The molecule has 0 aromatic carbocycles. The predicted octanol–water partition coefficient (Wildman–Crippen LogP) is 0.915. The monoisotopic (exact) mass is 219 g/mol. The van der Waals surface area contributed by atoms with Crippen molar-refractivity contribution in [2.45, 2.75) is 32.3 Å². The highest BCUT2D eigenvalue weighted by Gasteiger charge is 2.48. The van der Waals surface area contributed by atoms with Gasteiger partial charge in [-0.1, -0.05) is 0 Å². The molecular weight excluding hydrogens is 206 g/mol. The Morgan fingerprint density at radius 1 is 1.44 bits per heavy atom. The zero-order valence-corrected chi connectivity index (χ0v) is 9.33. The number of ether oxygens (including phenoxy) is 1. The van der Waals surface area contributed by atoms with Gasteiger partial charge in [-0.05, 0) is 26.7 Å². The van der Waals surface area contributed by atoms with Crippen LogP contribution in [0.3, 0.4) is 0 Å². The molecule has 1 unspecified atom stereocenters. The van der Waals surface area contributed by atoms with Crippen molar-refractivity contribution < 1.29 is 9.53 Å². The lowest BCUT2D eigenvalue weighted by Gasteiger charge is -2.21. The molecular formula is C11H13N3O2. The zero-order chi connectivity index (χ0) is 11.3. The molecule has 3 heterocycles. The SMILES string of the molecule is Cc1nc2c3c(n1)NC(=O)C3(C)OCCC2. The summed E-state index contributed by atoms with van der Waals surface area (Å²) in [6.45, 7) is 4.21. The first-order chi connectivity index (χ1) is 7.61. The number of hydrogen-bond acceptors (Lipinski definition) is 4. The summed E-state index contributed by atoms with van der Waals surface area (Å²) in [4.78, 5) is 20.6. The molecule has 0 saturated carbocycles. The van der Waals surface area contributed by atoms with Gasteiger partial charge in [-0.15, -0.1) is 0 Å². The van der Waals surface area contributed by atoms with Crippen LogP contribution in [0.25, 0.3) is 0 Å². The Hall–Kier alpha value is -1.49. The van der Waals surface area contributed by atoms with E-state index in [0.717, 1.165) is 24.1 Å². The fourth-order valence-corrected chi connectivity index (χ4v) is 2.40. The summed E-state index contributed by atoms with van der Waals surface area (Å²) >= 11 is 0. The van der Waals surface area contributed by atoms with Crippen LogP contribution >= 0.6 is 0 Å². The summed E-state index contributed by atoms with van der Waals surface area (Å²) in [5.41, 5.74) is 0.885. The van der Waals surface area contributed by atoms with E-state index < -0.39 is 5.60 Å². The normalized spacial score (nSPS) is 27.2. The number of nitrogens with zero attached hydrogens (tertiary/aromatic N) is 2. The van der Waals surface area contributed by atoms with Gasteiger partial charge in [0.1, 0.15) is 11.6 Å². The number of rotatable bonds is 0. The number of aromatic nitrogens is 2. The van der Waals surface area contributed by atoms with Gasteiger partial charge < -0.3 is 10.1 Å². The Bertz CT molecular complexity index is 486. The first kappa shape index (κ1) is 9.72. The molecule has 1 amide bonds. The average Bonchev–Trinajstić information content (AvgIpc) is 2.38. The van der Waals surface area contributed by atoms with Crippen molar-refractivity contribution >= 4 is 11.7 Å². The van der Waals surface area contributed by atoms with E-state index in [9.17, 15) is 4.79 Å². The third-order valence-corrected chi connectivity index (χ3v) is 3.19. The van der Waals surface area contributed by atoms with E-state index in [1.807, 2.05) is 6.92 Å². The van der Waals surface area contributed by atoms with Gasteiger partial charge in [0.15, 0.2) is 5.60 Å². The minimum Gasteiger partial charge on any atom is -0.360 e. The van der Waals surface area contributed by atoms with E-state index in [1.165, 1.54) is 0 Å². The van der Waals surface area contributed by atoms with E-state index in [0.29, 0.717) is 18.2 Å². The molecule has 1 atom stereocenters.